The Morgan fingerprint density at radius 3 is 0.964 bits per heavy atom. The van der Waals surface area contributed by atoms with Crippen LogP contribution in [0.15, 0.2) is 23.3 Å². The zero-order valence-corrected chi connectivity index (χ0v) is 15.9. The van der Waals surface area contributed by atoms with Crippen LogP contribution >= 0.6 is 0 Å². The van der Waals surface area contributed by atoms with Crippen LogP contribution in [0, 0.1) is 0 Å². The predicted octanol–water partition coefficient (Wildman–Crippen LogP) is -3.32. The van der Waals surface area contributed by atoms with E-state index >= 15 is 0 Å². The zero-order valence-electron chi connectivity index (χ0n) is 15.9. The van der Waals surface area contributed by atoms with Gasteiger partial charge in [-0.25, -0.2) is 9.59 Å². The molecule has 0 bridgehead atoms. The van der Waals surface area contributed by atoms with Crippen molar-refractivity contribution < 1.29 is 60.7 Å². The lowest BCUT2D eigenvalue weighted by atomic mass is 9.99. The van der Waals surface area contributed by atoms with Gasteiger partial charge in [0.25, 0.3) is 0 Å². The molecule has 0 aliphatic carbocycles. The molecule has 0 radical (unpaired) electrons. The van der Waals surface area contributed by atoms with Crippen molar-refractivity contribution in [2.45, 2.75) is 19.4 Å². The fraction of sp³-hybridized carbons (Fsp3) is 0.625. The number of hydrogen-bond donors (Lipinski definition) is 10. The number of aliphatic hydroxyl groups excluding tert-OH is 7. The largest absolute Gasteiger partial charge is 0.478 e. The summed E-state index contributed by atoms with van der Waals surface area (Å²) in [5.74, 6) is -2.51. The normalized spacial score (nSPS) is 12.8. The Morgan fingerprint density at radius 2 is 0.857 bits per heavy atom. The van der Waals surface area contributed by atoms with Crippen molar-refractivity contribution in [1.29, 1.82) is 0 Å². The van der Waals surface area contributed by atoms with Gasteiger partial charge in [-0.1, -0.05) is 0 Å². The molecule has 0 heterocycles. The molecule has 0 rings (SSSR count). The number of hydrogen-bond acceptors (Lipinski definition) is 10. The molecule has 0 aliphatic heterocycles. The highest BCUT2D eigenvalue weighted by molar-refractivity contribution is 5.87. The molecular weight excluding hydrogens is 384 g/mol. The summed E-state index contributed by atoms with van der Waals surface area (Å²) in [5.41, 5.74) is -2.36. The lowest BCUT2D eigenvalue weighted by Gasteiger charge is -2.18. The first-order valence-corrected chi connectivity index (χ1v) is 7.80. The van der Waals surface area contributed by atoms with Gasteiger partial charge < -0.3 is 51.1 Å². The molecule has 0 aliphatic rings. The maximum atomic E-state index is 10.5. The minimum atomic E-state index is -1.98. The number of aliphatic carboxylic acids is 2. The zero-order chi connectivity index (χ0) is 23.2. The van der Waals surface area contributed by atoms with E-state index in [4.69, 9.17) is 46.0 Å². The molecule has 0 spiro atoms. The lowest BCUT2D eigenvalue weighted by Crippen LogP contribution is -2.30. The maximum absolute atomic E-state index is 10.5. The second kappa shape index (κ2) is 23.1. The van der Waals surface area contributed by atoms with Crippen LogP contribution < -0.4 is 0 Å². The first-order chi connectivity index (χ1) is 13.0. The van der Waals surface area contributed by atoms with Gasteiger partial charge in [0.2, 0.25) is 0 Å². The standard InChI is InChI=1S/C10H14O6.3C2H6O2/c1-6(8(12)13)3-10(16,5-11)4-7(2)9(14)15;3*3-1-2-4/h3-4,11,16H,5H2,1-2H3,(H,12,13)(H,14,15);3*3-4H,1-2H2. The highest BCUT2D eigenvalue weighted by atomic mass is 16.4. The minimum Gasteiger partial charge on any atom is -0.478 e. The van der Waals surface area contributed by atoms with Gasteiger partial charge in [0.05, 0.1) is 46.2 Å². The molecule has 12 heteroatoms. The van der Waals surface area contributed by atoms with Gasteiger partial charge in [0, 0.05) is 11.1 Å². The molecule has 0 amide bonds. The summed E-state index contributed by atoms with van der Waals surface area (Å²) >= 11 is 0. The fourth-order valence-corrected chi connectivity index (χ4v) is 1.01. The van der Waals surface area contributed by atoms with E-state index in [-0.39, 0.29) is 50.8 Å². The van der Waals surface area contributed by atoms with Crippen LogP contribution in [0.4, 0.5) is 0 Å². The molecule has 0 saturated carbocycles. The third-order valence-electron chi connectivity index (χ3n) is 2.16. The molecule has 0 aromatic carbocycles. The van der Waals surface area contributed by atoms with Crippen molar-refractivity contribution >= 4 is 11.9 Å². The van der Waals surface area contributed by atoms with E-state index in [0.29, 0.717) is 0 Å². The van der Waals surface area contributed by atoms with E-state index in [2.05, 4.69) is 0 Å². The Morgan fingerprint density at radius 1 is 0.643 bits per heavy atom. The van der Waals surface area contributed by atoms with Crippen molar-refractivity contribution in [1.82, 2.24) is 0 Å². The van der Waals surface area contributed by atoms with Gasteiger partial charge in [0.1, 0.15) is 5.60 Å². The van der Waals surface area contributed by atoms with E-state index in [9.17, 15) is 14.7 Å². The number of aliphatic hydroxyl groups is 8. The van der Waals surface area contributed by atoms with Crippen molar-refractivity contribution in [3.8, 4) is 0 Å². The van der Waals surface area contributed by atoms with E-state index in [1.54, 1.807) is 0 Å². The fourth-order valence-electron chi connectivity index (χ4n) is 1.01. The predicted molar refractivity (Wildman–Crippen MR) is 97.3 cm³/mol. The average molecular weight is 416 g/mol. The maximum Gasteiger partial charge on any atom is 0.331 e. The van der Waals surface area contributed by atoms with Crippen LogP contribution in [-0.2, 0) is 9.59 Å². The number of carbonyl (C=O) groups is 2. The Bertz CT molecular complexity index is 399. The van der Waals surface area contributed by atoms with Crippen molar-refractivity contribution in [3.05, 3.63) is 23.3 Å². The van der Waals surface area contributed by atoms with Gasteiger partial charge in [-0.15, -0.1) is 0 Å². The molecule has 0 aromatic rings. The minimum absolute atomic E-state index is 0.125. The molecular formula is C16H32O12. The van der Waals surface area contributed by atoms with E-state index in [1.165, 1.54) is 13.8 Å². The second-order valence-corrected chi connectivity index (χ2v) is 4.76. The smallest absolute Gasteiger partial charge is 0.331 e. The first-order valence-electron chi connectivity index (χ1n) is 7.80. The Balaban J connectivity index is -0.000000195. The van der Waals surface area contributed by atoms with Crippen LogP contribution in [0.25, 0.3) is 0 Å². The summed E-state index contributed by atoms with van der Waals surface area (Å²) in [7, 11) is 0. The molecule has 0 saturated heterocycles. The Labute approximate surface area is 162 Å². The van der Waals surface area contributed by atoms with Crippen molar-refractivity contribution in [3.63, 3.8) is 0 Å². The topological polar surface area (TPSA) is 236 Å². The third-order valence-corrected chi connectivity index (χ3v) is 2.16. The van der Waals surface area contributed by atoms with E-state index in [1.807, 2.05) is 0 Å². The summed E-state index contributed by atoms with van der Waals surface area (Å²) in [6, 6.07) is 0. The summed E-state index contributed by atoms with van der Waals surface area (Å²) in [6.45, 7) is 0.905. The summed E-state index contributed by atoms with van der Waals surface area (Å²) < 4.78 is 0. The van der Waals surface area contributed by atoms with Gasteiger partial charge in [0.15, 0.2) is 0 Å². The Kier molecular flexibility index (Phi) is 27.8. The molecule has 0 atom stereocenters. The van der Waals surface area contributed by atoms with Crippen LogP contribution in [0.5, 0.6) is 0 Å². The van der Waals surface area contributed by atoms with Crippen LogP contribution in [0.3, 0.4) is 0 Å². The number of carboxylic acid groups (broad SMARTS) is 2. The van der Waals surface area contributed by atoms with Crippen molar-refractivity contribution in [2.75, 3.05) is 46.2 Å². The Hall–Kier alpha value is -1.90. The van der Waals surface area contributed by atoms with Gasteiger partial charge in [-0.05, 0) is 26.0 Å². The highest BCUT2D eigenvalue weighted by Gasteiger charge is 2.23. The van der Waals surface area contributed by atoms with Gasteiger partial charge in [-0.2, -0.15) is 0 Å². The van der Waals surface area contributed by atoms with Crippen LogP contribution in [-0.4, -0.2) is 115 Å². The first kappa shape index (κ1) is 33.7. The average Bonchev–Trinajstić information content (AvgIpc) is 2.68. The van der Waals surface area contributed by atoms with Gasteiger partial charge >= 0.3 is 11.9 Å². The lowest BCUT2D eigenvalue weighted by molar-refractivity contribution is -0.133. The summed E-state index contributed by atoms with van der Waals surface area (Å²) in [6.07, 6.45) is 1.78. The molecule has 168 valence electrons. The summed E-state index contributed by atoms with van der Waals surface area (Å²) in [4.78, 5) is 21.0. The second-order valence-electron chi connectivity index (χ2n) is 4.76. The molecule has 0 aromatic heterocycles. The van der Waals surface area contributed by atoms with E-state index < -0.39 is 24.1 Å². The molecule has 0 fully saturated rings. The molecule has 0 unspecified atom stereocenters. The van der Waals surface area contributed by atoms with Gasteiger partial charge in [-0.3, -0.25) is 0 Å². The van der Waals surface area contributed by atoms with Crippen molar-refractivity contribution in [2.24, 2.45) is 0 Å². The van der Waals surface area contributed by atoms with E-state index in [0.717, 1.165) is 12.2 Å². The quantitative estimate of drug-likeness (QED) is 0.175. The number of rotatable bonds is 8. The molecule has 12 nitrogen and oxygen atoms in total. The number of carboxylic acids is 2. The van der Waals surface area contributed by atoms with Crippen LogP contribution in [0.1, 0.15) is 13.8 Å². The molecule has 10 N–H and O–H groups in total. The highest BCUT2D eigenvalue weighted by Crippen LogP contribution is 2.14. The SMILES string of the molecule is CC(=CC(O)(C=C(C)C(=O)O)CO)C(=O)O.OCCO.OCCO.OCCO. The molecule has 28 heavy (non-hydrogen) atoms. The monoisotopic (exact) mass is 416 g/mol. The third kappa shape index (κ3) is 26.3. The van der Waals surface area contributed by atoms with Crippen LogP contribution in [0.2, 0.25) is 0 Å². The summed E-state index contributed by atoms with van der Waals surface area (Å²) in [5, 5.41) is 81.6.